The Bertz CT molecular complexity index is 316. The third kappa shape index (κ3) is 2.81. The zero-order chi connectivity index (χ0) is 10.5. The molecule has 1 aliphatic heterocycles. The Balaban J connectivity index is 1.90. The number of aliphatic imine (C=N–C) groups is 1. The predicted octanol–water partition coefficient (Wildman–Crippen LogP) is 2.80. The molecule has 0 aromatic carbocycles. The van der Waals surface area contributed by atoms with Crippen molar-refractivity contribution in [3.63, 3.8) is 0 Å². The maximum Gasteiger partial charge on any atom is 0.0992 e. The zero-order valence-electron chi connectivity index (χ0n) is 9.28. The fourth-order valence-electron chi connectivity index (χ4n) is 1.97. The van der Waals surface area contributed by atoms with E-state index in [1.165, 1.54) is 23.7 Å². The van der Waals surface area contributed by atoms with E-state index >= 15 is 0 Å². The van der Waals surface area contributed by atoms with Gasteiger partial charge in [-0.3, -0.25) is 4.99 Å². The van der Waals surface area contributed by atoms with E-state index in [2.05, 4.69) is 34.3 Å². The molecule has 0 unspecified atom stereocenters. The van der Waals surface area contributed by atoms with Crippen molar-refractivity contribution in [1.82, 2.24) is 4.90 Å². The van der Waals surface area contributed by atoms with E-state index in [-0.39, 0.29) is 0 Å². The van der Waals surface area contributed by atoms with Gasteiger partial charge in [0.25, 0.3) is 0 Å². The first-order valence-electron chi connectivity index (χ1n) is 5.71. The Hall–Kier alpha value is -0.830. The van der Waals surface area contributed by atoms with E-state index in [4.69, 9.17) is 0 Å². The summed E-state index contributed by atoms with van der Waals surface area (Å²) in [5.74, 6) is 1.32. The summed E-state index contributed by atoms with van der Waals surface area (Å²) in [6.07, 6.45) is 3.47. The molecule has 0 atom stereocenters. The van der Waals surface area contributed by atoms with Crippen LogP contribution in [0.5, 0.6) is 0 Å². The van der Waals surface area contributed by atoms with Gasteiger partial charge in [0.15, 0.2) is 0 Å². The zero-order valence-corrected chi connectivity index (χ0v) is 10.1. The van der Waals surface area contributed by atoms with Crippen molar-refractivity contribution in [1.29, 1.82) is 0 Å². The van der Waals surface area contributed by atoms with Crippen LogP contribution in [-0.4, -0.2) is 30.4 Å². The second kappa shape index (κ2) is 5.31. The highest BCUT2D eigenvalue weighted by atomic mass is 32.1. The van der Waals surface area contributed by atoms with Crippen molar-refractivity contribution in [3.05, 3.63) is 22.4 Å². The molecule has 1 aromatic heterocycles. The molecule has 0 saturated heterocycles. The third-order valence-electron chi connectivity index (χ3n) is 2.80. The van der Waals surface area contributed by atoms with E-state index in [0.29, 0.717) is 0 Å². The lowest BCUT2D eigenvalue weighted by Gasteiger charge is -2.28. The molecule has 0 saturated carbocycles. The number of thiophene rings is 1. The average molecular weight is 222 g/mol. The molecule has 0 amide bonds. The van der Waals surface area contributed by atoms with Gasteiger partial charge in [-0.05, 0) is 31.2 Å². The summed E-state index contributed by atoms with van der Waals surface area (Å²) >= 11 is 1.85. The van der Waals surface area contributed by atoms with Crippen LogP contribution in [0.15, 0.2) is 22.5 Å². The molecule has 82 valence electrons. The molecule has 2 nitrogen and oxygen atoms in total. The van der Waals surface area contributed by atoms with Crippen molar-refractivity contribution in [3.8, 4) is 0 Å². The molecule has 0 aliphatic carbocycles. The van der Waals surface area contributed by atoms with Crippen molar-refractivity contribution >= 4 is 17.2 Å². The summed E-state index contributed by atoms with van der Waals surface area (Å²) in [7, 11) is 0. The van der Waals surface area contributed by atoms with Gasteiger partial charge in [-0.15, -0.1) is 11.3 Å². The van der Waals surface area contributed by atoms with Gasteiger partial charge in [0.05, 0.1) is 5.84 Å². The maximum atomic E-state index is 4.63. The van der Waals surface area contributed by atoms with Crippen molar-refractivity contribution in [2.24, 2.45) is 4.99 Å². The minimum Gasteiger partial charge on any atom is -0.361 e. The second-order valence-electron chi connectivity index (χ2n) is 3.81. The van der Waals surface area contributed by atoms with E-state index in [1.807, 2.05) is 11.3 Å². The summed E-state index contributed by atoms with van der Waals surface area (Å²) < 4.78 is 0. The summed E-state index contributed by atoms with van der Waals surface area (Å²) in [4.78, 5) is 8.51. The van der Waals surface area contributed by atoms with Crippen LogP contribution in [0.1, 0.15) is 24.6 Å². The average Bonchev–Trinajstić information content (AvgIpc) is 2.79. The fourth-order valence-corrected chi connectivity index (χ4v) is 2.68. The molecule has 0 fully saturated rings. The molecule has 15 heavy (non-hydrogen) atoms. The minimum absolute atomic E-state index is 1.02. The van der Waals surface area contributed by atoms with Crippen LogP contribution in [0.2, 0.25) is 0 Å². The molecule has 2 rings (SSSR count). The Morgan fingerprint density at radius 2 is 2.40 bits per heavy atom. The molecule has 0 spiro atoms. The SMILES string of the molecule is CCN1CCCN=C1CCc1cccs1. The van der Waals surface area contributed by atoms with Crippen molar-refractivity contribution in [2.45, 2.75) is 26.2 Å². The van der Waals surface area contributed by atoms with Gasteiger partial charge in [0.1, 0.15) is 0 Å². The van der Waals surface area contributed by atoms with Gasteiger partial charge < -0.3 is 4.90 Å². The van der Waals surface area contributed by atoms with Crippen LogP contribution in [0.25, 0.3) is 0 Å². The third-order valence-corrected chi connectivity index (χ3v) is 3.74. The van der Waals surface area contributed by atoms with Crippen molar-refractivity contribution < 1.29 is 0 Å². The number of rotatable bonds is 4. The van der Waals surface area contributed by atoms with Gasteiger partial charge in [-0.2, -0.15) is 0 Å². The van der Waals surface area contributed by atoms with Crippen molar-refractivity contribution in [2.75, 3.05) is 19.6 Å². The van der Waals surface area contributed by atoms with Crippen LogP contribution in [0.4, 0.5) is 0 Å². The maximum absolute atomic E-state index is 4.63. The number of aryl methyl sites for hydroxylation is 1. The van der Waals surface area contributed by atoms with E-state index in [0.717, 1.165) is 25.9 Å². The Kier molecular flexibility index (Phi) is 3.78. The first-order valence-corrected chi connectivity index (χ1v) is 6.58. The normalized spacial score (nSPS) is 16.6. The molecule has 0 bridgehead atoms. The fraction of sp³-hybridized carbons (Fsp3) is 0.583. The minimum atomic E-state index is 1.02. The molecule has 1 aliphatic rings. The Labute approximate surface area is 95.6 Å². The lowest BCUT2D eigenvalue weighted by atomic mass is 10.2. The summed E-state index contributed by atoms with van der Waals surface area (Å²) in [5.41, 5.74) is 0. The molecule has 3 heteroatoms. The molecular formula is C12H18N2S. The van der Waals surface area contributed by atoms with Gasteiger partial charge in [0.2, 0.25) is 0 Å². The summed E-state index contributed by atoms with van der Waals surface area (Å²) in [6.45, 7) is 5.53. The molecular weight excluding hydrogens is 204 g/mol. The first-order chi connectivity index (χ1) is 7.40. The number of hydrogen-bond acceptors (Lipinski definition) is 3. The first kappa shape index (κ1) is 10.7. The standard InChI is InChI=1S/C12H18N2S/c1-2-14-9-4-8-13-12(14)7-6-11-5-3-10-15-11/h3,5,10H,2,4,6-9H2,1H3. The van der Waals surface area contributed by atoms with E-state index in [1.54, 1.807) is 0 Å². The Morgan fingerprint density at radius 1 is 1.47 bits per heavy atom. The van der Waals surface area contributed by atoms with Gasteiger partial charge in [-0.1, -0.05) is 6.07 Å². The van der Waals surface area contributed by atoms with Crippen LogP contribution in [-0.2, 0) is 6.42 Å². The highest BCUT2D eigenvalue weighted by Crippen LogP contribution is 2.14. The van der Waals surface area contributed by atoms with Crippen LogP contribution >= 0.6 is 11.3 Å². The summed E-state index contributed by atoms with van der Waals surface area (Å²) in [5, 5.41) is 2.15. The molecule has 1 aromatic rings. The Morgan fingerprint density at radius 3 is 3.13 bits per heavy atom. The summed E-state index contributed by atoms with van der Waals surface area (Å²) in [6, 6.07) is 4.34. The van der Waals surface area contributed by atoms with Crippen LogP contribution < -0.4 is 0 Å². The van der Waals surface area contributed by atoms with E-state index in [9.17, 15) is 0 Å². The van der Waals surface area contributed by atoms with Gasteiger partial charge >= 0.3 is 0 Å². The highest BCUT2D eigenvalue weighted by molar-refractivity contribution is 7.09. The molecule has 0 radical (unpaired) electrons. The monoisotopic (exact) mass is 222 g/mol. The van der Waals surface area contributed by atoms with E-state index < -0.39 is 0 Å². The predicted molar refractivity (Wildman–Crippen MR) is 66.8 cm³/mol. The van der Waals surface area contributed by atoms with Crippen LogP contribution in [0, 0.1) is 0 Å². The molecule has 0 N–H and O–H groups in total. The quantitative estimate of drug-likeness (QED) is 0.765. The number of amidine groups is 1. The largest absolute Gasteiger partial charge is 0.361 e. The molecule has 2 heterocycles. The second-order valence-corrected chi connectivity index (χ2v) is 4.84. The van der Waals surface area contributed by atoms with Gasteiger partial charge in [0, 0.05) is 30.9 Å². The van der Waals surface area contributed by atoms with Gasteiger partial charge in [-0.25, -0.2) is 0 Å². The highest BCUT2D eigenvalue weighted by Gasteiger charge is 2.12. The van der Waals surface area contributed by atoms with Crippen LogP contribution in [0.3, 0.4) is 0 Å². The topological polar surface area (TPSA) is 15.6 Å². The smallest absolute Gasteiger partial charge is 0.0992 e. The number of nitrogens with zero attached hydrogens (tertiary/aromatic N) is 2. The number of hydrogen-bond donors (Lipinski definition) is 0. The lowest BCUT2D eigenvalue weighted by Crippen LogP contribution is -2.35. The lowest BCUT2D eigenvalue weighted by molar-refractivity contribution is 0.404.